The van der Waals surface area contributed by atoms with E-state index in [0.29, 0.717) is 21.7 Å². The van der Waals surface area contributed by atoms with Crippen LogP contribution in [0.25, 0.3) is 0 Å². The highest BCUT2D eigenvalue weighted by molar-refractivity contribution is 7.80. The van der Waals surface area contributed by atoms with Crippen LogP contribution in [-0.2, 0) is 9.47 Å². The summed E-state index contributed by atoms with van der Waals surface area (Å²) in [5, 5.41) is 2.57. The fourth-order valence-corrected chi connectivity index (χ4v) is 1.77. The second kappa shape index (κ2) is 6.17. The fourth-order valence-electron chi connectivity index (χ4n) is 1.51. The first-order chi connectivity index (χ1) is 9.14. The Balaban J connectivity index is 3.00. The first kappa shape index (κ1) is 16.4. The van der Waals surface area contributed by atoms with Crippen LogP contribution in [-0.4, -0.2) is 24.8 Å². The molecule has 0 aliphatic heterocycles. The van der Waals surface area contributed by atoms with Gasteiger partial charge < -0.3 is 9.47 Å². The van der Waals surface area contributed by atoms with Crippen molar-refractivity contribution in [3.05, 3.63) is 23.3 Å². The van der Waals surface area contributed by atoms with E-state index in [1.807, 2.05) is 0 Å². The van der Waals surface area contributed by atoms with E-state index in [1.165, 1.54) is 13.2 Å². The molecule has 0 heterocycles. The lowest BCUT2D eigenvalue weighted by molar-refractivity contribution is 0.0595. The molecule has 0 atom stereocenters. The Labute approximate surface area is 124 Å². The monoisotopic (exact) mass is 297 g/mol. The van der Waals surface area contributed by atoms with Gasteiger partial charge in [-0.1, -0.05) is 0 Å². The molecule has 1 amide bonds. The van der Waals surface area contributed by atoms with E-state index in [-0.39, 0.29) is 0 Å². The van der Waals surface area contributed by atoms with Gasteiger partial charge in [0.25, 0.3) is 0 Å². The molecule has 1 aromatic rings. The normalized spacial score (nSPS) is 10.9. The van der Waals surface area contributed by atoms with E-state index in [9.17, 15) is 9.59 Å². The van der Waals surface area contributed by atoms with Crippen molar-refractivity contribution in [1.29, 1.82) is 0 Å². The zero-order valence-electron chi connectivity index (χ0n) is 12.2. The predicted octanol–water partition coefficient (Wildman–Crippen LogP) is 3.42. The minimum absolute atomic E-state index is 0.353. The maximum Gasteiger partial charge on any atom is 0.412 e. The number of anilines is 1. The lowest BCUT2D eigenvalue weighted by Gasteiger charge is -2.20. The molecule has 6 heteroatoms. The molecule has 0 radical (unpaired) electrons. The zero-order valence-corrected chi connectivity index (χ0v) is 13.1. The molecule has 0 unspecified atom stereocenters. The molecule has 0 aliphatic carbocycles. The molecular weight excluding hydrogens is 278 g/mol. The SMILES string of the molecule is COC(=O)c1cc(NC(=O)OC(C)(C)C)cc(S)c1C. The van der Waals surface area contributed by atoms with E-state index in [2.05, 4.69) is 17.9 Å². The average Bonchev–Trinajstić information content (AvgIpc) is 2.30. The van der Waals surface area contributed by atoms with Gasteiger partial charge in [0.15, 0.2) is 0 Å². The number of nitrogens with one attached hydrogen (secondary N) is 1. The van der Waals surface area contributed by atoms with Crippen LogP contribution >= 0.6 is 12.6 Å². The number of methoxy groups -OCH3 is 1. The first-order valence-electron chi connectivity index (χ1n) is 6.06. The average molecular weight is 297 g/mol. The van der Waals surface area contributed by atoms with Crippen LogP contribution in [0.3, 0.4) is 0 Å². The predicted molar refractivity (Wildman–Crippen MR) is 79.6 cm³/mol. The van der Waals surface area contributed by atoms with Gasteiger partial charge in [0, 0.05) is 10.6 Å². The summed E-state index contributed by atoms with van der Waals surface area (Å²) >= 11 is 4.28. The minimum Gasteiger partial charge on any atom is -0.465 e. The molecule has 20 heavy (non-hydrogen) atoms. The largest absolute Gasteiger partial charge is 0.465 e. The van der Waals surface area contributed by atoms with Crippen molar-refractivity contribution in [2.24, 2.45) is 0 Å². The summed E-state index contributed by atoms with van der Waals surface area (Å²) in [6, 6.07) is 3.18. The minimum atomic E-state index is -0.593. The molecule has 1 aromatic carbocycles. The van der Waals surface area contributed by atoms with Crippen molar-refractivity contribution in [3.8, 4) is 0 Å². The highest BCUT2D eigenvalue weighted by atomic mass is 32.1. The maximum atomic E-state index is 11.7. The second-order valence-corrected chi connectivity index (χ2v) is 5.77. The van der Waals surface area contributed by atoms with Crippen molar-refractivity contribution >= 4 is 30.4 Å². The molecule has 0 aromatic heterocycles. The van der Waals surface area contributed by atoms with Crippen LogP contribution in [0.15, 0.2) is 17.0 Å². The Morgan fingerprint density at radius 1 is 1.25 bits per heavy atom. The van der Waals surface area contributed by atoms with Crippen LogP contribution in [0, 0.1) is 6.92 Å². The van der Waals surface area contributed by atoms with Gasteiger partial charge in [0.1, 0.15) is 5.60 Å². The summed E-state index contributed by atoms with van der Waals surface area (Å²) < 4.78 is 9.84. The number of hydrogen-bond donors (Lipinski definition) is 2. The van der Waals surface area contributed by atoms with Gasteiger partial charge in [-0.25, -0.2) is 9.59 Å². The Morgan fingerprint density at radius 2 is 1.85 bits per heavy atom. The van der Waals surface area contributed by atoms with Gasteiger partial charge >= 0.3 is 12.1 Å². The standard InChI is InChI=1S/C14H19NO4S/c1-8-10(12(16)18-5)6-9(7-11(8)20)15-13(17)19-14(2,3)4/h6-7,20H,1-5H3,(H,15,17). The quantitative estimate of drug-likeness (QED) is 0.648. The van der Waals surface area contributed by atoms with Crippen LogP contribution in [0.5, 0.6) is 0 Å². The van der Waals surface area contributed by atoms with Crippen molar-refractivity contribution in [2.45, 2.75) is 38.2 Å². The van der Waals surface area contributed by atoms with Crippen molar-refractivity contribution in [2.75, 3.05) is 12.4 Å². The third-order valence-corrected chi connectivity index (χ3v) is 2.90. The second-order valence-electron chi connectivity index (χ2n) is 5.29. The molecule has 0 bridgehead atoms. The number of carbonyl (C=O) groups excluding carboxylic acids is 2. The summed E-state index contributed by atoms with van der Waals surface area (Å²) in [6.07, 6.45) is -0.593. The van der Waals surface area contributed by atoms with Crippen LogP contribution in [0.4, 0.5) is 10.5 Å². The van der Waals surface area contributed by atoms with E-state index >= 15 is 0 Å². The number of esters is 1. The van der Waals surface area contributed by atoms with Gasteiger partial charge in [-0.3, -0.25) is 5.32 Å². The van der Waals surface area contributed by atoms with Gasteiger partial charge in [-0.15, -0.1) is 12.6 Å². The first-order valence-corrected chi connectivity index (χ1v) is 6.50. The van der Waals surface area contributed by atoms with Crippen molar-refractivity contribution in [3.63, 3.8) is 0 Å². The Hall–Kier alpha value is -1.69. The molecule has 1 N–H and O–H groups in total. The number of ether oxygens (including phenoxy) is 2. The molecular formula is C14H19NO4S. The van der Waals surface area contributed by atoms with E-state index < -0.39 is 17.7 Å². The van der Waals surface area contributed by atoms with E-state index in [1.54, 1.807) is 33.8 Å². The molecule has 1 rings (SSSR count). The van der Waals surface area contributed by atoms with E-state index in [4.69, 9.17) is 9.47 Å². The number of carbonyl (C=O) groups is 2. The molecule has 0 spiro atoms. The number of rotatable bonds is 2. The Kier molecular flexibility index (Phi) is 5.05. The summed E-state index contributed by atoms with van der Waals surface area (Å²) in [5.74, 6) is -0.481. The third-order valence-electron chi connectivity index (χ3n) is 2.43. The molecule has 110 valence electrons. The van der Waals surface area contributed by atoms with Crippen LogP contribution in [0.2, 0.25) is 0 Å². The maximum absolute atomic E-state index is 11.7. The number of amides is 1. The lowest BCUT2D eigenvalue weighted by Crippen LogP contribution is -2.27. The van der Waals surface area contributed by atoms with Crippen LogP contribution < -0.4 is 5.32 Å². The molecule has 5 nitrogen and oxygen atoms in total. The lowest BCUT2D eigenvalue weighted by atomic mass is 10.1. The highest BCUT2D eigenvalue weighted by Crippen LogP contribution is 2.24. The number of thiol groups is 1. The van der Waals surface area contributed by atoms with Crippen molar-refractivity contribution < 1.29 is 19.1 Å². The molecule has 0 saturated heterocycles. The number of hydrogen-bond acceptors (Lipinski definition) is 5. The third kappa shape index (κ3) is 4.45. The van der Waals surface area contributed by atoms with Gasteiger partial charge in [-0.2, -0.15) is 0 Å². The molecule has 0 fully saturated rings. The zero-order chi connectivity index (χ0) is 15.5. The summed E-state index contributed by atoms with van der Waals surface area (Å²) in [4.78, 5) is 23.9. The summed E-state index contributed by atoms with van der Waals surface area (Å²) in [6.45, 7) is 7.06. The smallest absolute Gasteiger partial charge is 0.412 e. The topological polar surface area (TPSA) is 64.6 Å². The summed E-state index contributed by atoms with van der Waals surface area (Å²) in [7, 11) is 1.30. The van der Waals surface area contributed by atoms with Crippen molar-refractivity contribution in [1.82, 2.24) is 0 Å². The van der Waals surface area contributed by atoms with Gasteiger partial charge in [0.2, 0.25) is 0 Å². The number of benzene rings is 1. The fraction of sp³-hybridized carbons (Fsp3) is 0.429. The van der Waals surface area contributed by atoms with E-state index in [0.717, 1.165) is 0 Å². The summed E-state index contributed by atoms with van der Waals surface area (Å²) in [5.41, 5.74) is 0.875. The molecule has 0 aliphatic rings. The Bertz CT molecular complexity index is 535. The molecule has 0 saturated carbocycles. The van der Waals surface area contributed by atoms with Gasteiger partial charge in [-0.05, 0) is 45.4 Å². The highest BCUT2D eigenvalue weighted by Gasteiger charge is 2.18. The Morgan fingerprint density at radius 3 is 2.35 bits per heavy atom. The van der Waals surface area contributed by atoms with Crippen LogP contribution in [0.1, 0.15) is 36.7 Å². The van der Waals surface area contributed by atoms with Gasteiger partial charge in [0.05, 0.1) is 12.7 Å².